The summed E-state index contributed by atoms with van der Waals surface area (Å²) < 4.78 is 12.9. The molecule has 0 heterocycles. The van der Waals surface area contributed by atoms with Gasteiger partial charge in [-0.2, -0.15) is 0 Å². The van der Waals surface area contributed by atoms with Gasteiger partial charge in [0.25, 0.3) is 0 Å². The molecule has 2 atom stereocenters. The van der Waals surface area contributed by atoms with Crippen LogP contribution in [-0.4, -0.2) is 44.5 Å². The number of hydrogen-bond donors (Lipinski definition) is 4. The van der Waals surface area contributed by atoms with Gasteiger partial charge >= 0.3 is 11.9 Å². The zero-order valence-electron chi connectivity index (χ0n) is 6.61. The Morgan fingerprint density at radius 2 is 1.30 bits per heavy atom. The van der Waals surface area contributed by atoms with E-state index in [1.165, 1.54) is 0 Å². The highest BCUT2D eigenvalue weighted by molar-refractivity contribution is 5.82. The summed E-state index contributed by atoms with van der Waals surface area (Å²) in [5.41, 5.74) is 0. The van der Waals surface area contributed by atoms with E-state index >= 15 is 0 Å². The van der Waals surface area contributed by atoms with Crippen molar-refractivity contribution in [2.24, 2.45) is 0 Å². The summed E-state index contributed by atoms with van der Waals surface area (Å²) in [6.45, 7) is 0. The van der Waals surface area contributed by atoms with Crippen molar-refractivity contribution in [3.05, 3.63) is 0 Å². The Morgan fingerprint density at radius 3 is 1.40 bits per heavy atom. The van der Waals surface area contributed by atoms with Crippen LogP contribution in [0.3, 0.4) is 0 Å². The molecular weight excluding hydrogens is 144 g/mol. The van der Waals surface area contributed by atoms with Crippen molar-refractivity contribution < 1.29 is 32.8 Å². The minimum atomic E-state index is -3.79. The van der Waals surface area contributed by atoms with Gasteiger partial charge in [0.1, 0.15) is 0 Å². The monoisotopic (exact) mass is 152 g/mol. The van der Waals surface area contributed by atoms with Crippen molar-refractivity contribution in [3.8, 4) is 0 Å². The maximum Gasteiger partial charge on any atom is 0.335 e. The van der Waals surface area contributed by atoms with Gasteiger partial charge in [0, 0.05) is 0 Å². The van der Waals surface area contributed by atoms with E-state index < -0.39 is 24.1 Å². The van der Waals surface area contributed by atoms with Crippen molar-refractivity contribution in [3.63, 3.8) is 0 Å². The van der Waals surface area contributed by atoms with Crippen molar-refractivity contribution in [2.45, 2.75) is 12.2 Å². The normalized spacial score (nSPS) is 25.0. The molecule has 0 radical (unpaired) electrons. The molecule has 0 unspecified atom stereocenters. The summed E-state index contributed by atoms with van der Waals surface area (Å²) in [6, 6.07) is 0. The zero-order valence-corrected chi connectivity index (χ0v) is 4.61. The van der Waals surface area contributed by atoms with Crippen LogP contribution in [-0.2, 0) is 9.59 Å². The third-order valence-corrected chi connectivity index (χ3v) is 0.629. The minimum absolute atomic E-state index is 2.32. The second kappa shape index (κ2) is 3.14. The average Bonchev–Trinajstić information content (AvgIpc) is 1.86. The zero-order chi connectivity index (χ0) is 10.2. The van der Waals surface area contributed by atoms with Crippen molar-refractivity contribution in [2.75, 3.05) is 0 Å². The maximum atomic E-state index is 9.99. The molecule has 4 N–H and O–H groups in total. The highest BCUT2D eigenvalue weighted by Gasteiger charge is 2.29. The molecule has 6 nitrogen and oxygen atoms in total. The van der Waals surface area contributed by atoms with Crippen LogP contribution in [0.4, 0.5) is 0 Å². The molecule has 0 aromatic rings. The number of carboxylic acid groups (broad SMARTS) is 2. The van der Waals surface area contributed by atoms with Gasteiger partial charge in [0.05, 0.1) is 2.74 Å². The molecule has 0 saturated carbocycles. The van der Waals surface area contributed by atoms with Crippen LogP contribution in [0.1, 0.15) is 2.74 Å². The third-order valence-electron chi connectivity index (χ3n) is 0.629. The van der Waals surface area contributed by atoms with Gasteiger partial charge < -0.3 is 20.4 Å². The van der Waals surface area contributed by atoms with Crippen LogP contribution >= 0.6 is 0 Å². The first kappa shape index (κ1) is 5.63. The summed E-state index contributed by atoms with van der Waals surface area (Å²) in [6.07, 6.45) is -7.59. The topological polar surface area (TPSA) is 115 Å². The predicted octanol–water partition coefficient (Wildman–Crippen LogP) is -2.12. The Kier molecular flexibility index (Phi) is 1.77. The van der Waals surface area contributed by atoms with Crippen LogP contribution in [0.5, 0.6) is 0 Å². The van der Waals surface area contributed by atoms with E-state index in [0.717, 1.165) is 0 Å². The molecule has 0 aromatic heterocycles. The summed E-state index contributed by atoms with van der Waals surface area (Å²) in [4.78, 5) is 20.0. The molecule has 0 amide bonds. The molecule has 0 spiro atoms. The van der Waals surface area contributed by atoms with Crippen LogP contribution in [0.2, 0.25) is 0 Å². The van der Waals surface area contributed by atoms with Gasteiger partial charge in [-0.05, 0) is 0 Å². The lowest BCUT2D eigenvalue weighted by Gasteiger charge is -2.07. The van der Waals surface area contributed by atoms with Crippen LogP contribution in [0, 0.1) is 0 Å². The molecule has 0 rings (SSSR count). The van der Waals surface area contributed by atoms with Crippen LogP contribution in [0.15, 0.2) is 0 Å². The van der Waals surface area contributed by atoms with Gasteiger partial charge in [0.15, 0.2) is 12.2 Å². The van der Waals surface area contributed by atoms with E-state index in [1.54, 1.807) is 0 Å². The molecule has 6 heteroatoms. The van der Waals surface area contributed by atoms with Crippen LogP contribution < -0.4 is 0 Å². The smallest absolute Gasteiger partial charge is 0.335 e. The molecule has 58 valence electrons. The van der Waals surface area contributed by atoms with E-state index in [4.69, 9.17) is 23.2 Å². The molecule has 0 aromatic carbocycles. The molecule has 0 fully saturated rings. The summed E-state index contributed by atoms with van der Waals surface area (Å²) in [5.74, 6) is -4.63. The maximum absolute atomic E-state index is 9.99. The first-order chi connectivity index (χ1) is 5.14. The molecule has 0 aliphatic carbocycles. The van der Waals surface area contributed by atoms with Crippen LogP contribution in [0.25, 0.3) is 0 Å². The first-order valence-corrected chi connectivity index (χ1v) is 2.05. The van der Waals surface area contributed by atoms with Crippen molar-refractivity contribution >= 4 is 11.9 Å². The van der Waals surface area contributed by atoms with Gasteiger partial charge in [0.2, 0.25) is 0 Å². The van der Waals surface area contributed by atoms with Gasteiger partial charge in [-0.25, -0.2) is 9.59 Å². The molecule has 0 saturated heterocycles. The van der Waals surface area contributed by atoms with Crippen molar-refractivity contribution in [1.82, 2.24) is 0 Å². The third kappa shape index (κ3) is 2.00. The molecule has 10 heavy (non-hydrogen) atoms. The highest BCUT2D eigenvalue weighted by Crippen LogP contribution is 1.92. The van der Waals surface area contributed by atoms with Gasteiger partial charge in [-0.3, -0.25) is 0 Å². The van der Waals surface area contributed by atoms with Crippen molar-refractivity contribution in [1.29, 1.82) is 0 Å². The summed E-state index contributed by atoms with van der Waals surface area (Å²) >= 11 is 0. The Labute approximate surface area is 58.1 Å². The standard InChI is InChI=1S/C4H6O6/c5-1(3(7)8)2(6)4(9)10/h1-2,5-6H,(H,7,8)(H,9,10)/t1-,2-/m0/s1/i1D,2D. The lowest BCUT2D eigenvalue weighted by molar-refractivity contribution is -0.165. The quantitative estimate of drug-likeness (QED) is 0.367. The number of carboxylic acids is 2. The molecule has 0 bridgehead atoms. The lowest BCUT2D eigenvalue weighted by atomic mass is 10.2. The minimum Gasteiger partial charge on any atom is -0.479 e. The number of rotatable bonds is 3. The fourth-order valence-electron chi connectivity index (χ4n) is 0.203. The molecular formula is C4H6O6. The number of aliphatic carboxylic acids is 2. The molecule has 0 aliphatic rings. The Bertz CT molecular complexity index is 198. The number of hydrogen-bond acceptors (Lipinski definition) is 4. The number of carbonyl (C=O) groups is 2. The predicted molar refractivity (Wildman–Crippen MR) is 27.3 cm³/mol. The number of aliphatic hydroxyl groups is 2. The van der Waals surface area contributed by atoms with E-state index in [9.17, 15) is 9.59 Å². The van der Waals surface area contributed by atoms with E-state index in [0.29, 0.717) is 0 Å². The summed E-state index contributed by atoms with van der Waals surface area (Å²) in [7, 11) is 0. The summed E-state index contributed by atoms with van der Waals surface area (Å²) in [5, 5.41) is 33.2. The second-order valence-electron chi connectivity index (χ2n) is 1.31. The lowest BCUT2D eigenvalue weighted by Crippen LogP contribution is -2.39. The highest BCUT2D eigenvalue weighted by atomic mass is 16.4. The Balaban J connectivity index is 5.01. The molecule has 0 aliphatic heterocycles. The van der Waals surface area contributed by atoms with Gasteiger partial charge in [-0.15, -0.1) is 0 Å². The fourth-order valence-corrected chi connectivity index (χ4v) is 0.203. The largest absolute Gasteiger partial charge is 0.479 e. The van der Waals surface area contributed by atoms with E-state index in [1.807, 2.05) is 0 Å². The second-order valence-corrected chi connectivity index (χ2v) is 1.31. The van der Waals surface area contributed by atoms with E-state index in [2.05, 4.69) is 0 Å². The SMILES string of the molecule is [2H][C@@](O)(C(=O)O)[C@]([2H])(O)C(=O)O. The van der Waals surface area contributed by atoms with E-state index in [-0.39, 0.29) is 0 Å². The average molecular weight is 152 g/mol. The Hall–Kier alpha value is -1.14. The first-order valence-electron chi connectivity index (χ1n) is 3.05. The van der Waals surface area contributed by atoms with Gasteiger partial charge in [-0.1, -0.05) is 0 Å². The Morgan fingerprint density at radius 1 is 1.10 bits per heavy atom. The fraction of sp³-hybridized carbons (Fsp3) is 0.500.